The van der Waals surface area contributed by atoms with E-state index >= 15 is 0 Å². The third-order valence-electron chi connectivity index (χ3n) is 10.1. The number of hydrogen-bond acceptors (Lipinski definition) is 2. The first kappa shape index (κ1) is 28.8. The van der Waals surface area contributed by atoms with Crippen molar-refractivity contribution in [2.24, 2.45) is 0 Å². The summed E-state index contributed by atoms with van der Waals surface area (Å²) in [4.78, 5) is 4.77. The molecule has 9 rings (SSSR count). The number of nitrogens with zero attached hydrogens (tertiary/aromatic N) is 2. The van der Waals surface area contributed by atoms with Crippen molar-refractivity contribution in [2.75, 3.05) is 9.80 Å². The largest absolute Gasteiger partial charge is 0.310 e. The van der Waals surface area contributed by atoms with Gasteiger partial charge in [-0.1, -0.05) is 107 Å². The van der Waals surface area contributed by atoms with Crippen LogP contribution in [0, 0.1) is 0 Å². The minimum absolute atomic E-state index is 0.183. The summed E-state index contributed by atoms with van der Waals surface area (Å²) in [5.41, 5.74) is 15.1. The highest BCUT2D eigenvalue weighted by Gasteiger charge is 2.47. The lowest BCUT2D eigenvalue weighted by atomic mass is 9.75. The van der Waals surface area contributed by atoms with Crippen molar-refractivity contribution < 1.29 is 0 Å². The zero-order valence-corrected chi connectivity index (χ0v) is 28.0. The molecule has 0 saturated heterocycles. The fraction of sp³-hybridized carbons (Fsp3) is 0.0667. The maximum absolute atomic E-state index is 3.78. The van der Waals surface area contributed by atoms with E-state index in [0.717, 1.165) is 40.1 Å². The third-order valence-corrected chi connectivity index (χ3v) is 10.5. The molecule has 2 aliphatic carbocycles. The van der Waals surface area contributed by atoms with Crippen LogP contribution in [0.25, 0.3) is 11.1 Å². The number of para-hydroxylation sites is 4. The molecule has 3 heteroatoms. The van der Waals surface area contributed by atoms with Gasteiger partial charge in [-0.15, -0.1) is 0 Å². The number of halogens is 1. The Morgan fingerprint density at radius 1 is 0.375 bits per heavy atom. The Kier molecular flexibility index (Phi) is 7.02. The molecule has 0 aromatic heterocycles. The van der Waals surface area contributed by atoms with Gasteiger partial charge in [0.15, 0.2) is 0 Å². The van der Waals surface area contributed by atoms with Crippen molar-refractivity contribution in [1.29, 1.82) is 0 Å². The fourth-order valence-electron chi connectivity index (χ4n) is 7.98. The number of hydrogen-bond donors (Lipinski definition) is 0. The molecule has 0 fully saturated rings. The van der Waals surface area contributed by atoms with Gasteiger partial charge in [-0.25, -0.2) is 0 Å². The van der Waals surface area contributed by atoms with Crippen LogP contribution in [0.2, 0.25) is 0 Å². The molecular weight excluding hydrogens is 648 g/mol. The highest BCUT2D eigenvalue weighted by atomic mass is 79.9. The van der Waals surface area contributed by atoms with Crippen molar-refractivity contribution in [2.45, 2.75) is 18.3 Å². The summed E-state index contributed by atoms with van der Waals surface area (Å²) >= 11 is 3.78. The Hall–Kier alpha value is -5.38. The topological polar surface area (TPSA) is 6.48 Å². The van der Waals surface area contributed by atoms with Gasteiger partial charge in [0.05, 0.1) is 0 Å². The van der Waals surface area contributed by atoms with E-state index in [1.165, 1.54) is 44.8 Å². The van der Waals surface area contributed by atoms with Gasteiger partial charge in [0.1, 0.15) is 0 Å². The molecule has 7 aromatic rings. The molecule has 1 spiro atoms. The average Bonchev–Trinajstić information content (AvgIpc) is 3.65. The van der Waals surface area contributed by atoms with E-state index in [1.54, 1.807) is 0 Å². The van der Waals surface area contributed by atoms with Gasteiger partial charge in [0.25, 0.3) is 0 Å². The maximum Gasteiger partial charge on any atom is 0.0465 e. The molecule has 0 unspecified atom stereocenters. The molecule has 0 radical (unpaired) electrons. The predicted octanol–water partition coefficient (Wildman–Crippen LogP) is 12.5. The highest BCUT2D eigenvalue weighted by molar-refractivity contribution is 9.10. The van der Waals surface area contributed by atoms with E-state index in [9.17, 15) is 0 Å². The molecule has 0 amide bonds. The van der Waals surface area contributed by atoms with Crippen molar-refractivity contribution in [3.63, 3.8) is 0 Å². The Balaban J connectivity index is 1.25. The quantitative estimate of drug-likeness (QED) is 0.172. The van der Waals surface area contributed by atoms with Crippen LogP contribution in [0.3, 0.4) is 0 Å². The molecule has 0 saturated carbocycles. The van der Waals surface area contributed by atoms with E-state index in [4.69, 9.17) is 0 Å². The van der Waals surface area contributed by atoms with Gasteiger partial charge < -0.3 is 9.80 Å². The zero-order chi connectivity index (χ0) is 32.1. The van der Waals surface area contributed by atoms with Crippen molar-refractivity contribution in [3.05, 3.63) is 203 Å². The predicted molar refractivity (Wildman–Crippen MR) is 204 cm³/mol. The van der Waals surface area contributed by atoms with Gasteiger partial charge >= 0.3 is 0 Å². The van der Waals surface area contributed by atoms with E-state index < -0.39 is 0 Å². The minimum atomic E-state index is -0.183. The van der Waals surface area contributed by atoms with Crippen LogP contribution in [0.5, 0.6) is 0 Å². The Bertz CT molecular complexity index is 2040. The first-order valence-corrected chi connectivity index (χ1v) is 17.3. The van der Waals surface area contributed by atoms with Crippen LogP contribution in [0.4, 0.5) is 34.1 Å². The molecule has 2 aliphatic rings. The molecule has 0 N–H and O–H groups in total. The van der Waals surface area contributed by atoms with Gasteiger partial charge in [-0.2, -0.15) is 0 Å². The molecule has 230 valence electrons. The van der Waals surface area contributed by atoms with E-state index in [-0.39, 0.29) is 5.41 Å². The van der Waals surface area contributed by atoms with Gasteiger partial charge in [-0.3, -0.25) is 0 Å². The second-order valence-corrected chi connectivity index (χ2v) is 13.7. The SMILES string of the molecule is Brc1ccc2c(c1)CC1(C2)c2cc(N(c3ccccc3)c3ccccc3)ccc2-c2ccc(N(c3ccccc3)c3ccccc3)cc21. The molecule has 0 aliphatic heterocycles. The molecule has 2 nitrogen and oxygen atoms in total. The van der Waals surface area contributed by atoms with Crippen LogP contribution in [0.15, 0.2) is 180 Å². The second-order valence-electron chi connectivity index (χ2n) is 12.8. The summed E-state index contributed by atoms with van der Waals surface area (Å²) in [5.74, 6) is 0. The lowest BCUT2D eigenvalue weighted by Gasteiger charge is -2.31. The van der Waals surface area contributed by atoms with Crippen LogP contribution < -0.4 is 9.80 Å². The summed E-state index contributed by atoms with van der Waals surface area (Å²) in [6.07, 6.45) is 1.93. The standard InChI is InChI=1S/C45H33BrN2/c46-34-22-21-32-30-45(31-33(32)27-34)43-28-39(47(35-13-5-1-6-14-35)36-15-7-2-8-16-36)23-25-41(43)42-26-24-40(29-44(42)45)48(37-17-9-3-10-18-37)38-19-11-4-12-20-38/h1-29H,30-31H2. The molecule has 0 atom stereocenters. The number of fused-ring (bicyclic) bond motifs is 6. The molecule has 0 heterocycles. The van der Waals surface area contributed by atoms with Gasteiger partial charge in [-0.05, 0) is 131 Å². The second kappa shape index (κ2) is 11.7. The van der Waals surface area contributed by atoms with Crippen molar-refractivity contribution >= 4 is 50.1 Å². The summed E-state index contributed by atoms with van der Waals surface area (Å²) in [7, 11) is 0. The number of anilines is 6. The molecule has 7 aromatic carbocycles. The Morgan fingerprint density at radius 3 is 1.19 bits per heavy atom. The van der Waals surface area contributed by atoms with Crippen LogP contribution in [-0.4, -0.2) is 0 Å². The van der Waals surface area contributed by atoms with E-state index in [2.05, 4.69) is 202 Å². The van der Waals surface area contributed by atoms with E-state index in [0.29, 0.717) is 0 Å². The monoisotopic (exact) mass is 680 g/mol. The van der Waals surface area contributed by atoms with Crippen LogP contribution in [-0.2, 0) is 18.3 Å². The average molecular weight is 682 g/mol. The summed E-state index contributed by atoms with van der Waals surface area (Å²) in [6.45, 7) is 0. The first-order valence-electron chi connectivity index (χ1n) is 16.6. The fourth-order valence-corrected chi connectivity index (χ4v) is 8.39. The summed E-state index contributed by atoms with van der Waals surface area (Å²) < 4.78 is 1.14. The molecule has 48 heavy (non-hydrogen) atoms. The Morgan fingerprint density at radius 2 is 0.771 bits per heavy atom. The van der Waals surface area contributed by atoms with Crippen LogP contribution >= 0.6 is 15.9 Å². The minimum Gasteiger partial charge on any atom is -0.310 e. The van der Waals surface area contributed by atoms with Gasteiger partial charge in [0, 0.05) is 44.0 Å². The molecule has 0 bridgehead atoms. The summed E-state index contributed by atoms with van der Waals surface area (Å²) in [5, 5.41) is 0. The van der Waals surface area contributed by atoms with E-state index in [1.807, 2.05) is 0 Å². The lowest BCUT2D eigenvalue weighted by Crippen LogP contribution is -2.26. The maximum atomic E-state index is 3.78. The van der Waals surface area contributed by atoms with Crippen molar-refractivity contribution in [1.82, 2.24) is 0 Å². The summed E-state index contributed by atoms with van der Waals surface area (Å²) in [6, 6.07) is 64.0. The zero-order valence-electron chi connectivity index (χ0n) is 26.4. The van der Waals surface area contributed by atoms with Crippen LogP contribution in [0.1, 0.15) is 22.3 Å². The van der Waals surface area contributed by atoms with Gasteiger partial charge in [0.2, 0.25) is 0 Å². The lowest BCUT2D eigenvalue weighted by molar-refractivity contribution is 0.564. The Labute approximate surface area is 290 Å². The normalized spacial score (nSPS) is 13.5. The smallest absolute Gasteiger partial charge is 0.0465 e. The third kappa shape index (κ3) is 4.77. The van der Waals surface area contributed by atoms with Crippen molar-refractivity contribution in [3.8, 4) is 11.1 Å². The highest BCUT2D eigenvalue weighted by Crippen LogP contribution is 2.58. The first-order chi connectivity index (χ1) is 23.7. The molecular formula is C45H33BrN2. The number of rotatable bonds is 6. The number of benzene rings is 7.